The molecule has 1 aliphatic rings. The summed E-state index contributed by atoms with van der Waals surface area (Å²) in [4.78, 5) is 4.52. The molecule has 3 nitrogen and oxygen atoms in total. The van der Waals surface area contributed by atoms with Gasteiger partial charge in [-0.3, -0.25) is 0 Å². The van der Waals surface area contributed by atoms with E-state index in [4.69, 9.17) is 4.74 Å². The molecule has 0 bridgehead atoms. The Balaban J connectivity index is 1.76. The van der Waals surface area contributed by atoms with Crippen LogP contribution >= 0.6 is 11.3 Å². The molecule has 2 heterocycles. The first-order chi connectivity index (χ1) is 7.75. The number of aromatic nitrogens is 1. The Kier molecular flexibility index (Phi) is 4.32. The van der Waals surface area contributed by atoms with Gasteiger partial charge in [0, 0.05) is 36.2 Å². The lowest BCUT2D eigenvalue weighted by molar-refractivity contribution is 0.0702. The summed E-state index contributed by atoms with van der Waals surface area (Å²) in [6.07, 6.45) is 2.42. The van der Waals surface area contributed by atoms with E-state index in [1.54, 1.807) is 11.3 Å². The van der Waals surface area contributed by atoms with Crippen molar-refractivity contribution < 1.29 is 4.74 Å². The van der Waals surface area contributed by atoms with Gasteiger partial charge in [-0.1, -0.05) is 6.92 Å². The van der Waals surface area contributed by atoms with Crippen LogP contribution in [0, 0.1) is 6.92 Å². The molecule has 16 heavy (non-hydrogen) atoms. The maximum atomic E-state index is 5.45. The van der Waals surface area contributed by atoms with Crippen LogP contribution in [0.15, 0.2) is 5.38 Å². The van der Waals surface area contributed by atoms with Crippen LogP contribution in [0.3, 0.4) is 0 Å². The van der Waals surface area contributed by atoms with Crippen molar-refractivity contribution in [2.75, 3.05) is 19.8 Å². The first-order valence-electron chi connectivity index (χ1n) is 5.99. The summed E-state index contributed by atoms with van der Waals surface area (Å²) < 4.78 is 5.45. The quantitative estimate of drug-likeness (QED) is 0.877. The monoisotopic (exact) mass is 240 g/mol. The minimum absolute atomic E-state index is 0.501. The van der Waals surface area contributed by atoms with Crippen LogP contribution in [0.2, 0.25) is 0 Å². The minimum atomic E-state index is 0.501. The third-order valence-corrected chi connectivity index (χ3v) is 4.13. The molecule has 2 rings (SSSR count). The topological polar surface area (TPSA) is 34.1 Å². The van der Waals surface area contributed by atoms with E-state index in [1.165, 1.54) is 17.8 Å². The van der Waals surface area contributed by atoms with Crippen molar-refractivity contribution in [3.63, 3.8) is 0 Å². The number of aryl methyl sites for hydroxylation is 1. The Hall–Kier alpha value is -0.450. The zero-order chi connectivity index (χ0) is 11.4. The second kappa shape index (κ2) is 5.75. The van der Waals surface area contributed by atoms with Gasteiger partial charge in [0.25, 0.3) is 0 Å². The molecule has 0 aromatic carbocycles. The highest BCUT2D eigenvalue weighted by molar-refractivity contribution is 7.09. The highest BCUT2D eigenvalue weighted by Crippen LogP contribution is 2.19. The standard InChI is InChI=1S/C12H20N2OS/c1-9(12-14-10(2)8-16-12)6-13-11-4-3-5-15-7-11/h8-9,11,13H,3-7H2,1-2H3. The maximum Gasteiger partial charge on any atom is 0.0969 e. The van der Waals surface area contributed by atoms with Crippen molar-refractivity contribution in [2.45, 2.75) is 38.6 Å². The lowest BCUT2D eigenvalue weighted by Crippen LogP contribution is -2.38. The van der Waals surface area contributed by atoms with Crippen molar-refractivity contribution in [1.82, 2.24) is 10.3 Å². The summed E-state index contributed by atoms with van der Waals surface area (Å²) in [5.41, 5.74) is 1.13. The largest absolute Gasteiger partial charge is 0.380 e. The van der Waals surface area contributed by atoms with Gasteiger partial charge in [0.05, 0.1) is 11.6 Å². The van der Waals surface area contributed by atoms with E-state index >= 15 is 0 Å². The number of ether oxygens (including phenoxy) is 1. The van der Waals surface area contributed by atoms with E-state index in [0.29, 0.717) is 12.0 Å². The van der Waals surface area contributed by atoms with Crippen LogP contribution in [-0.2, 0) is 4.74 Å². The molecule has 0 radical (unpaired) electrons. The second-order valence-electron chi connectivity index (χ2n) is 4.55. The predicted molar refractivity (Wildman–Crippen MR) is 67.1 cm³/mol. The Morgan fingerprint density at radius 1 is 1.69 bits per heavy atom. The summed E-state index contributed by atoms with van der Waals surface area (Å²) >= 11 is 1.76. The Labute approximate surface area is 101 Å². The van der Waals surface area contributed by atoms with Crippen LogP contribution in [-0.4, -0.2) is 30.8 Å². The number of hydrogen-bond acceptors (Lipinski definition) is 4. The van der Waals surface area contributed by atoms with Crippen LogP contribution in [0.1, 0.15) is 36.4 Å². The van der Waals surface area contributed by atoms with Crippen LogP contribution in [0.4, 0.5) is 0 Å². The first-order valence-corrected chi connectivity index (χ1v) is 6.87. The number of nitrogens with zero attached hydrogens (tertiary/aromatic N) is 1. The van der Waals surface area contributed by atoms with Crippen molar-refractivity contribution in [3.05, 3.63) is 16.1 Å². The van der Waals surface area contributed by atoms with Gasteiger partial charge in [-0.2, -0.15) is 0 Å². The third-order valence-electron chi connectivity index (χ3n) is 2.93. The van der Waals surface area contributed by atoms with Gasteiger partial charge < -0.3 is 10.1 Å². The summed E-state index contributed by atoms with van der Waals surface area (Å²) in [6.45, 7) is 7.08. The van der Waals surface area contributed by atoms with E-state index in [9.17, 15) is 0 Å². The molecule has 90 valence electrons. The highest BCUT2D eigenvalue weighted by atomic mass is 32.1. The molecule has 1 aromatic rings. The molecule has 0 amide bonds. The van der Waals surface area contributed by atoms with Gasteiger partial charge in [0.1, 0.15) is 0 Å². The van der Waals surface area contributed by atoms with Crippen molar-refractivity contribution >= 4 is 11.3 Å². The predicted octanol–water partition coefficient (Wildman–Crippen LogP) is 2.32. The molecular weight excluding hydrogens is 220 g/mol. The fourth-order valence-corrected chi connectivity index (χ4v) is 2.79. The van der Waals surface area contributed by atoms with E-state index in [1.807, 2.05) is 0 Å². The molecule has 1 saturated heterocycles. The minimum Gasteiger partial charge on any atom is -0.380 e. The number of thiazole rings is 1. The molecule has 1 aromatic heterocycles. The molecule has 0 spiro atoms. The lowest BCUT2D eigenvalue weighted by atomic mass is 10.1. The van der Waals surface area contributed by atoms with Crippen LogP contribution < -0.4 is 5.32 Å². The van der Waals surface area contributed by atoms with Crippen LogP contribution in [0.25, 0.3) is 0 Å². The Morgan fingerprint density at radius 2 is 2.56 bits per heavy atom. The molecule has 4 heteroatoms. The Bertz CT molecular complexity index is 321. The number of rotatable bonds is 4. The van der Waals surface area contributed by atoms with Gasteiger partial charge in [-0.25, -0.2) is 4.98 Å². The average molecular weight is 240 g/mol. The van der Waals surface area contributed by atoms with Gasteiger partial charge in [0.15, 0.2) is 0 Å². The van der Waals surface area contributed by atoms with Gasteiger partial charge in [-0.05, 0) is 19.8 Å². The van der Waals surface area contributed by atoms with Crippen molar-refractivity contribution in [2.24, 2.45) is 0 Å². The van der Waals surface area contributed by atoms with Gasteiger partial charge >= 0.3 is 0 Å². The third kappa shape index (κ3) is 3.27. The van der Waals surface area contributed by atoms with E-state index in [2.05, 4.69) is 29.5 Å². The van der Waals surface area contributed by atoms with Crippen LogP contribution in [0.5, 0.6) is 0 Å². The molecular formula is C12H20N2OS. The molecule has 0 saturated carbocycles. The lowest BCUT2D eigenvalue weighted by Gasteiger charge is -2.24. The molecule has 1 N–H and O–H groups in total. The maximum absolute atomic E-state index is 5.45. The molecule has 0 aliphatic carbocycles. The van der Waals surface area contributed by atoms with Crippen molar-refractivity contribution in [3.8, 4) is 0 Å². The van der Waals surface area contributed by atoms with E-state index < -0.39 is 0 Å². The fraction of sp³-hybridized carbons (Fsp3) is 0.750. The molecule has 2 atom stereocenters. The number of hydrogen-bond donors (Lipinski definition) is 1. The summed E-state index contributed by atoms with van der Waals surface area (Å²) in [5.74, 6) is 0.501. The first kappa shape index (κ1) is 12.0. The van der Waals surface area contributed by atoms with Crippen molar-refractivity contribution in [1.29, 1.82) is 0 Å². The van der Waals surface area contributed by atoms with E-state index in [0.717, 1.165) is 25.5 Å². The zero-order valence-electron chi connectivity index (χ0n) is 10.0. The SMILES string of the molecule is Cc1csc(C(C)CNC2CCCOC2)n1. The fourth-order valence-electron chi connectivity index (χ4n) is 1.93. The molecule has 1 aliphatic heterocycles. The molecule has 2 unspecified atom stereocenters. The number of nitrogens with one attached hydrogen (secondary N) is 1. The Morgan fingerprint density at radius 3 is 3.19 bits per heavy atom. The summed E-state index contributed by atoms with van der Waals surface area (Å²) in [5, 5.41) is 6.93. The highest BCUT2D eigenvalue weighted by Gasteiger charge is 2.15. The average Bonchev–Trinajstić information content (AvgIpc) is 2.74. The van der Waals surface area contributed by atoms with Gasteiger partial charge in [-0.15, -0.1) is 11.3 Å². The summed E-state index contributed by atoms with van der Waals surface area (Å²) in [7, 11) is 0. The second-order valence-corrected chi connectivity index (χ2v) is 5.44. The molecule has 1 fully saturated rings. The smallest absolute Gasteiger partial charge is 0.0969 e. The van der Waals surface area contributed by atoms with E-state index in [-0.39, 0.29) is 0 Å². The van der Waals surface area contributed by atoms with Gasteiger partial charge in [0.2, 0.25) is 0 Å². The zero-order valence-corrected chi connectivity index (χ0v) is 10.8. The normalized spacial score (nSPS) is 23.2. The summed E-state index contributed by atoms with van der Waals surface area (Å²) in [6, 6.07) is 0.539.